The second-order valence-corrected chi connectivity index (χ2v) is 3.88. The lowest BCUT2D eigenvalue weighted by Gasteiger charge is -2.38. The molecule has 1 N–H and O–H groups in total. The van der Waals surface area contributed by atoms with E-state index in [1.54, 1.807) is 6.08 Å². The van der Waals surface area contributed by atoms with Gasteiger partial charge in [-0.1, -0.05) is 19.1 Å². The zero-order valence-electron chi connectivity index (χ0n) is 8.49. The van der Waals surface area contributed by atoms with Crippen molar-refractivity contribution < 1.29 is 14.6 Å². The van der Waals surface area contributed by atoms with E-state index in [1.807, 2.05) is 19.9 Å². The quantitative estimate of drug-likeness (QED) is 0.661. The van der Waals surface area contributed by atoms with Crippen LogP contribution >= 0.6 is 0 Å². The van der Waals surface area contributed by atoms with E-state index in [-0.39, 0.29) is 12.7 Å². The first-order valence-electron chi connectivity index (χ1n) is 4.64. The first kappa shape index (κ1) is 10.7. The fraction of sp³-hybridized carbons (Fsp3) is 0.800. The molecule has 0 spiro atoms. The Balaban J connectivity index is 2.55. The van der Waals surface area contributed by atoms with E-state index in [9.17, 15) is 0 Å². The molecule has 1 aliphatic heterocycles. The summed E-state index contributed by atoms with van der Waals surface area (Å²) in [5.41, 5.74) is 0. The Kier molecular flexibility index (Phi) is 3.47. The Hall–Kier alpha value is -0.380. The van der Waals surface area contributed by atoms with Gasteiger partial charge in [0.25, 0.3) is 0 Å². The van der Waals surface area contributed by atoms with Crippen molar-refractivity contribution in [3.63, 3.8) is 0 Å². The number of ether oxygens (including phenoxy) is 2. The van der Waals surface area contributed by atoms with Gasteiger partial charge >= 0.3 is 0 Å². The molecule has 3 heteroatoms. The molecular weight excluding hydrogens is 168 g/mol. The zero-order valence-corrected chi connectivity index (χ0v) is 8.49. The van der Waals surface area contributed by atoms with Crippen molar-refractivity contribution in [1.29, 1.82) is 0 Å². The molecule has 1 fully saturated rings. The number of aliphatic hydroxyl groups is 1. The third kappa shape index (κ3) is 3.10. The maximum Gasteiger partial charge on any atom is 0.163 e. The highest BCUT2D eigenvalue weighted by molar-refractivity contribution is 4.94. The summed E-state index contributed by atoms with van der Waals surface area (Å²) in [5.74, 6) is -0.160. The van der Waals surface area contributed by atoms with Crippen LogP contribution in [0.2, 0.25) is 0 Å². The smallest absolute Gasteiger partial charge is 0.163 e. The molecule has 0 aromatic carbocycles. The van der Waals surface area contributed by atoms with Gasteiger partial charge in [-0.05, 0) is 13.8 Å². The van der Waals surface area contributed by atoms with Crippen LogP contribution in [0.4, 0.5) is 0 Å². The average Bonchev–Trinajstić information content (AvgIpc) is 2.07. The fourth-order valence-corrected chi connectivity index (χ4v) is 1.33. The van der Waals surface area contributed by atoms with Gasteiger partial charge in [0.15, 0.2) is 5.79 Å². The third-order valence-electron chi connectivity index (χ3n) is 2.11. The summed E-state index contributed by atoms with van der Waals surface area (Å²) >= 11 is 0. The summed E-state index contributed by atoms with van der Waals surface area (Å²) in [6.07, 6.45) is 3.66. The van der Waals surface area contributed by atoms with Crippen LogP contribution in [0.5, 0.6) is 0 Å². The summed E-state index contributed by atoms with van der Waals surface area (Å²) in [5, 5.41) is 8.64. The minimum absolute atomic E-state index is 0.0518. The van der Waals surface area contributed by atoms with Crippen LogP contribution < -0.4 is 0 Å². The highest BCUT2D eigenvalue weighted by Crippen LogP contribution is 2.26. The van der Waals surface area contributed by atoms with E-state index >= 15 is 0 Å². The van der Waals surface area contributed by atoms with Gasteiger partial charge in [0, 0.05) is 5.92 Å². The van der Waals surface area contributed by atoms with Crippen molar-refractivity contribution in [2.24, 2.45) is 5.92 Å². The molecule has 0 aromatic rings. The lowest BCUT2D eigenvalue weighted by Crippen LogP contribution is -2.43. The molecule has 0 aromatic heterocycles. The molecule has 0 saturated carbocycles. The number of hydrogen-bond acceptors (Lipinski definition) is 3. The first-order chi connectivity index (χ1) is 6.05. The number of aliphatic hydroxyl groups excluding tert-OH is 1. The number of hydrogen-bond donors (Lipinski definition) is 1. The van der Waals surface area contributed by atoms with Gasteiger partial charge in [0.05, 0.1) is 19.3 Å². The fourth-order valence-electron chi connectivity index (χ4n) is 1.33. The Morgan fingerprint density at radius 3 is 2.85 bits per heavy atom. The minimum atomic E-state index is -0.503. The van der Waals surface area contributed by atoms with Crippen LogP contribution in [0.15, 0.2) is 12.2 Å². The molecule has 1 saturated heterocycles. The molecule has 1 rings (SSSR count). The Morgan fingerprint density at radius 2 is 2.23 bits per heavy atom. The molecule has 3 nitrogen and oxygen atoms in total. The van der Waals surface area contributed by atoms with E-state index in [2.05, 4.69) is 6.92 Å². The highest BCUT2D eigenvalue weighted by atomic mass is 16.7. The van der Waals surface area contributed by atoms with Crippen molar-refractivity contribution in [2.45, 2.75) is 32.7 Å². The predicted octanol–water partition coefficient (Wildman–Crippen LogP) is 1.32. The van der Waals surface area contributed by atoms with Crippen LogP contribution in [0, 0.1) is 5.92 Å². The van der Waals surface area contributed by atoms with Gasteiger partial charge in [0.2, 0.25) is 0 Å². The van der Waals surface area contributed by atoms with E-state index in [1.165, 1.54) is 0 Å². The number of rotatable bonds is 2. The molecule has 0 bridgehead atoms. The molecule has 0 amide bonds. The maximum absolute atomic E-state index is 8.64. The second kappa shape index (κ2) is 4.22. The summed E-state index contributed by atoms with van der Waals surface area (Å²) in [4.78, 5) is 0. The minimum Gasteiger partial charge on any atom is -0.392 e. The molecular formula is C10H18O3. The Morgan fingerprint density at radius 1 is 1.54 bits per heavy atom. The monoisotopic (exact) mass is 186 g/mol. The van der Waals surface area contributed by atoms with E-state index in [4.69, 9.17) is 14.6 Å². The van der Waals surface area contributed by atoms with Crippen molar-refractivity contribution in [3.8, 4) is 0 Å². The van der Waals surface area contributed by atoms with Crippen LogP contribution in [-0.4, -0.2) is 30.2 Å². The van der Waals surface area contributed by atoms with Gasteiger partial charge in [0.1, 0.15) is 0 Å². The molecule has 1 heterocycles. The van der Waals surface area contributed by atoms with Crippen molar-refractivity contribution >= 4 is 0 Å². The molecule has 2 unspecified atom stereocenters. The zero-order chi connectivity index (χ0) is 9.90. The standard InChI is InChI=1S/C10H18O3/c1-8-7-12-10(2,3)13-9(8)5-4-6-11/h4-5,8-9,11H,6-7H2,1-3H3/b5-4+. The van der Waals surface area contributed by atoms with Gasteiger partial charge in [-0.2, -0.15) is 0 Å². The van der Waals surface area contributed by atoms with Crippen molar-refractivity contribution in [3.05, 3.63) is 12.2 Å². The predicted molar refractivity (Wildman–Crippen MR) is 50.3 cm³/mol. The van der Waals surface area contributed by atoms with E-state index in [0.717, 1.165) is 0 Å². The highest BCUT2D eigenvalue weighted by Gasteiger charge is 2.32. The normalized spacial score (nSPS) is 33.8. The van der Waals surface area contributed by atoms with Gasteiger partial charge in [-0.3, -0.25) is 0 Å². The van der Waals surface area contributed by atoms with Crippen LogP contribution in [0.3, 0.4) is 0 Å². The molecule has 2 atom stereocenters. The lowest BCUT2D eigenvalue weighted by molar-refractivity contribution is -0.279. The van der Waals surface area contributed by atoms with Gasteiger partial charge in [-0.15, -0.1) is 0 Å². The maximum atomic E-state index is 8.64. The molecule has 13 heavy (non-hydrogen) atoms. The summed E-state index contributed by atoms with van der Waals surface area (Å²) in [6, 6.07) is 0. The third-order valence-corrected chi connectivity index (χ3v) is 2.11. The van der Waals surface area contributed by atoms with E-state index < -0.39 is 5.79 Å². The Bertz CT molecular complexity index is 187. The lowest BCUT2D eigenvalue weighted by atomic mass is 10.0. The van der Waals surface area contributed by atoms with Crippen molar-refractivity contribution in [2.75, 3.05) is 13.2 Å². The van der Waals surface area contributed by atoms with Gasteiger partial charge < -0.3 is 14.6 Å². The summed E-state index contributed by atoms with van der Waals surface area (Å²) < 4.78 is 11.1. The van der Waals surface area contributed by atoms with Crippen molar-refractivity contribution in [1.82, 2.24) is 0 Å². The molecule has 0 aliphatic carbocycles. The largest absolute Gasteiger partial charge is 0.392 e. The first-order valence-corrected chi connectivity index (χ1v) is 4.64. The summed E-state index contributed by atoms with van der Waals surface area (Å²) in [6.45, 7) is 6.64. The summed E-state index contributed by atoms with van der Waals surface area (Å²) in [7, 11) is 0. The van der Waals surface area contributed by atoms with E-state index in [0.29, 0.717) is 12.5 Å². The van der Waals surface area contributed by atoms with Crippen LogP contribution in [0.1, 0.15) is 20.8 Å². The second-order valence-electron chi connectivity index (χ2n) is 3.88. The SMILES string of the molecule is CC1COC(C)(C)OC1/C=C/CO. The molecule has 76 valence electrons. The van der Waals surface area contributed by atoms with Crippen LogP contribution in [0.25, 0.3) is 0 Å². The average molecular weight is 186 g/mol. The topological polar surface area (TPSA) is 38.7 Å². The molecule has 1 aliphatic rings. The Labute approximate surface area is 79.3 Å². The van der Waals surface area contributed by atoms with Gasteiger partial charge in [-0.25, -0.2) is 0 Å². The van der Waals surface area contributed by atoms with Crippen LogP contribution in [-0.2, 0) is 9.47 Å². The molecule has 0 radical (unpaired) electrons.